The van der Waals surface area contributed by atoms with Crippen LogP contribution >= 0.6 is 0 Å². The zero-order valence-corrected chi connectivity index (χ0v) is 11.3. The molecule has 4 heteroatoms. The maximum Gasteiger partial charge on any atom is 0.333 e. The van der Waals surface area contributed by atoms with Crippen molar-refractivity contribution in [3.8, 4) is 0 Å². The average Bonchev–Trinajstić information content (AvgIpc) is 2.37. The van der Waals surface area contributed by atoms with Gasteiger partial charge in [0.05, 0.1) is 13.7 Å². The highest BCUT2D eigenvalue weighted by Crippen LogP contribution is 2.14. The first-order valence-electron chi connectivity index (χ1n) is 5.87. The minimum absolute atomic E-state index is 0.339. The summed E-state index contributed by atoms with van der Waals surface area (Å²) in [5, 5.41) is 0. The van der Waals surface area contributed by atoms with E-state index in [1.165, 1.54) is 7.11 Å². The van der Waals surface area contributed by atoms with E-state index in [0.717, 1.165) is 5.56 Å². The van der Waals surface area contributed by atoms with E-state index < -0.39 is 5.54 Å². The first-order valence-corrected chi connectivity index (χ1v) is 5.87. The van der Waals surface area contributed by atoms with E-state index >= 15 is 0 Å². The molecule has 98 valence electrons. The van der Waals surface area contributed by atoms with Gasteiger partial charge in [-0.1, -0.05) is 18.2 Å². The molecule has 0 spiro atoms. The third-order valence-corrected chi connectivity index (χ3v) is 2.37. The highest BCUT2D eigenvalue weighted by atomic mass is 16.5. The third-order valence-electron chi connectivity index (χ3n) is 2.37. The molecular formula is C14H19NO3. The lowest BCUT2D eigenvalue weighted by molar-refractivity contribution is -0.148. The van der Waals surface area contributed by atoms with Crippen molar-refractivity contribution in [2.75, 3.05) is 13.7 Å². The number of aliphatic imine (C=N–C) groups is 1. The van der Waals surface area contributed by atoms with Crippen LogP contribution in [0, 0.1) is 0 Å². The van der Waals surface area contributed by atoms with Crippen molar-refractivity contribution in [3.05, 3.63) is 35.9 Å². The summed E-state index contributed by atoms with van der Waals surface area (Å²) in [5.74, 6) is 0.0594. The quantitative estimate of drug-likeness (QED) is 0.468. The van der Waals surface area contributed by atoms with Crippen molar-refractivity contribution in [1.82, 2.24) is 0 Å². The highest BCUT2D eigenvalue weighted by Gasteiger charge is 2.29. The number of nitrogens with zero attached hydrogens (tertiary/aromatic N) is 1. The number of benzene rings is 1. The zero-order chi connectivity index (χ0) is 13.6. The molecule has 0 bridgehead atoms. The summed E-state index contributed by atoms with van der Waals surface area (Å²) in [5.41, 5.74) is -0.130. The number of hydrogen-bond acceptors (Lipinski definition) is 4. The van der Waals surface area contributed by atoms with Crippen LogP contribution in [0.2, 0.25) is 0 Å². The number of hydrogen-bond donors (Lipinski definition) is 0. The Morgan fingerprint density at radius 2 is 1.89 bits per heavy atom. The van der Waals surface area contributed by atoms with Gasteiger partial charge in [0.2, 0.25) is 5.90 Å². The van der Waals surface area contributed by atoms with E-state index in [2.05, 4.69) is 4.99 Å². The van der Waals surface area contributed by atoms with Crippen LogP contribution in [0.3, 0.4) is 0 Å². The van der Waals surface area contributed by atoms with Crippen LogP contribution in [0.1, 0.15) is 26.3 Å². The van der Waals surface area contributed by atoms with Gasteiger partial charge in [0.1, 0.15) is 0 Å². The van der Waals surface area contributed by atoms with E-state index in [-0.39, 0.29) is 5.97 Å². The number of ether oxygens (including phenoxy) is 2. The molecule has 0 aliphatic rings. The molecule has 0 aliphatic heterocycles. The molecule has 0 saturated carbocycles. The Balaban J connectivity index is 3.01. The maximum absolute atomic E-state index is 11.8. The Labute approximate surface area is 108 Å². The molecule has 0 radical (unpaired) electrons. The molecule has 1 aromatic rings. The van der Waals surface area contributed by atoms with Crippen molar-refractivity contribution in [3.63, 3.8) is 0 Å². The van der Waals surface area contributed by atoms with Crippen molar-refractivity contribution in [1.29, 1.82) is 0 Å². The molecule has 1 aromatic carbocycles. The lowest BCUT2D eigenvalue weighted by Crippen LogP contribution is -2.33. The Kier molecular flexibility index (Phi) is 4.89. The van der Waals surface area contributed by atoms with Crippen molar-refractivity contribution >= 4 is 11.9 Å². The summed E-state index contributed by atoms with van der Waals surface area (Å²) >= 11 is 0. The average molecular weight is 249 g/mol. The number of carbonyl (C=O) groups is 1. The Morgan fingerprint density at radius 1 is 1.28 bits per heavy atom. The van der Waals surface area contributed by atoms with Gasteiger partial charge < -0.3 is 9.47 Å². The van der Waals surface area contributed by atoms with Crippen LogP contribution in [0.15, 0.2) is 35.3 Å². The molecule has 1 rings (SSSR count). The summed E-state index contributed by atoms with van der Waals surface area (Å²) in [6.45, 7) is 5.51. The number of methoxy groups -OCH3 is 1. The summed E-state index contributed by atoms with van der Waals surface area (Å²) < 4.78 is 10.2. The van der Waals surface area contributed by atoms with Gasteiger partial charge in [-0.25, -0.2) is 9.79 Å². The van der Waals surface area contributed by atoms with Crippen molar-refractivity contribution in [2.45, 2.75) is 26.3 Å². The van der Waals surface area contributed by atoms with Gasteiger partial charge in [-0.15, -0.1) is 0 Å². The van der Waals surface area contributed by atoms with E-state index in [4.69, 9.17) is 9.47 Å². The molecule has 0 atom stereocenters. The molecule has 0 N–H and O–H groups in total. The van der Waals surface area contributed by atoms with Crippen LogP contribution in [0.4, 0.5) is 0 Å². The standard InChI is InChI=1S/C14H19NO3/c1-5-18-13(16)14(2,3)15-12(17-4)11-9-7-6-8-10-11/h6-10H,5H2,1-4H3. The number of rotatable bonds is 4. The topological polar surface area (TPSA) is 47.9 Å². The van der Waals surface area contributed by atoms with Gasteiger partial charge in [-0.3, -0.25) is 0 Å². The van der Waals surface area contributed by atoms with Crippen LogP contribution in [-0.4, -0.2) is 31.1 Å². The fourth-order valence-electron chi connectivity index (χ4n) is 1.42. The summed E-state index contributed by atoms with van der Waals surface area (Å²) in [7, 11) is 1.53. The largest absolute Gasteiger partial charge is 0.481 e. The molecular weight excluding hydrogens is 230 g/mol. The molecule has 0 saturated heterocycles. The first kappa shape index (κ1) is 14.2. The Morgan fingerprint density at radius 3 is 2.39 bits per heavy atom. The third kappa shape index (κ3) is 3.58. The molecule has 0 amide bonds. The smallest absolute Gasteiger partial charge is 0.333 e. The van der Waals surface area contributed by atoms with Crippen LogP contribution in [-0.2, 0) is 14.3 Å². The number of esters is 1. The van der Waals surface area contributed by atoms with Gasteiger partial charge in [0.25, 0.3) is 0 Å². The van der Waals surface area contributed by atoms with E-state index in [9.17, 15) is 4.79 Å². The second-order valence-electron chi connectivity index (χ2n) is 4.27. The van der Waals surface area contributed by atoms with Gasteiger partial charge in [-0.2, -0.15) is 0 Å². The van der Waals surface area contributed by atoms with Crippen LogP contribution in [0.25, 0.3) is 0 Å². The molecule has 0 heterocycles. The van der Waals surface area contributed by atoms with Crippen molar-refractivity contribution in [2.24, 2.45) is 4.99 Å². The molecule has 0 aromatic heterocycles. The van der Waals surface area contributed by atoms with Gasteiger partial charge in [-0.05, 0) is 32.9 Å². The Bertz CT molecular complexity index is 424. The van der Waals surface area contributed by atoms with Crippen LogP contribution in [0.5, 0.6) is 0 Å². The summed E-state index contributed by atoms with van der Waals surface area (Å²) in [4.78, 5) is 16.1. The minimum atomic E-state index is -0.961. The van der Waals surface area contributed by atoms with Crippen molar-refractivity contribution < 1.29 is 14.3 Å². The van der Waals surface area contributed by atoms with Gasteiger partial charge >= 0.3 is 5.97 Å². The Hall–Kier alpha value is -1.84. The lowest BCUT2D eigenvalue weighted by atomic mass is 10.1. The first-order chi connectivity index (χ1) is 8.51. The van der Waals surface area contributed by atoms with E-state index in [0.29, 0.717) is 12.5 Å². The zero-order valence-electron chi connectivity index (χ0n) is 11.3. The summed E-state index contributed by atoms with van der Waals surface area (Å²) in [6.07, 6.45) is 0. The molecule has 0 fully saturated rings. The minimum Gasteiger partial charge on any atom is -0.481 e. The van der Waals surface area contributed by atoms with E-state index in [1.54, 1.807) is 20.8 Å². The molecule has 18 heavy (non-hydrogen) atoms. The summed E-state index contributed by atoms with van der Waals surface area (Å²) in [6, 6.07) is 9.45. The molecule has 4 nitrogen and oxygen atoms in total. The monoisotopic (exact) mass is 249 g/mol. The second kappa shape index (κ2) is 6.19. The fourth-order valence-corrected chi connectivity index (χ4v) is 1.42. The second-order valence-corrected chi connectivity index (χ2v) is 4.27. The van der Waals surface area contributed by atoms with E-state index in [1.807, 2.05) is 30.3 Å². The van der Waals surface area contributed by atoms with Gasteiger partial charge in [0, 0.05) is 5.56 Å². The molecule has 0 aliphatic carbocycles. The van der Waals surface area contributed by atoms with Crippen LogP contribution < -0.4 is 0 Å². The predicted octanol–water partition coefficient (Wildman–Crippen LogP) is 2.42. The number of carbonyl (C=O) groups excluding carboxylic acids is 1. The fraction of sp³-hybridized carbons (Fsp3) is 0.429. The maximum atomic E-state index is 11.8. The predicted molar refractivity (Wildman–Crippen MR) is 70.7 cm³/mol. The lowest BCUT2D eigenvalue weighted by Gasteiger charge is -2.19. The van der Waals surface area contributed by atoms with Gasteiger partial charge in [0.15, 0.2) is 5.54 Å². The molecule has 0 unspecified atom stereocenters. The SMILES string of the molecule is CCOC(=O)C(C)(C)N=C(OC)c1ccccc1. The normalized spacial score (nSPS) is 12.1. The highest BCUT2D eigenvalue weighted by molar-refractivity contribution is 5.96.